The topological polar surface area (TPSA) is 63.8 Å². The zero-order chi connectivity index (χ0) is 13.0. The van der Waals surface area contributed by atoms with E-state index < -0.39 is 0 Å². The summed E-state index contributed by atoms with van der Waals surface area (Å²) in [7, 11) is 0. The van der Waals surface area contributed by atoms with Gasteiger partial charge >= 0.3 is 0 Å². The first-order valence-corrected chi connectivity index (χ1v) is 7.04. The Hall–Kier alpha value is -1.33. The lowest BCUT2D eigenvalue weighted by Gasteiger charge is -2.18. The molecule has 6 heteroatoms. The summed E-state index contributed by atoms with van der Waals surface area (Å²) in [4.78, 5) is 9.26. The van der Waals surface area contributed by atoms with Crippen molar-refractivity contribution in [3.8, 4) is 0 Å². The molecule has 2 rings (SSSR count). The minimum absolute atomic E-state index is 0.211. The molecule has 0 saturated heterocycles. The number of nitrogen functional groups attached to an aromatic ring is 1. The fourth-order valence-corrected chi connectivity index (χ4v) is 2.66. The van der Waals surface area contributed by atoms with E-state index in [4.69, 9.17) is 17.3 Å². The van der Waals surface area contributed by atoms with Gasteiger partial charge in [0.2, 0.25) is 0 Å². The van der Waals surface area contributed by atoms with Crippen LogP contribution in [0.3, 0.4) is 0 Å². The van der Waals surface area contributed by atoms with Gasteiger partial charge in [0.05, 0.1) is 6.04 Å². The van der Waals surface area contributed by atoms with Crippen LogP contribution in [0.2, 0.25) is 5.15 Å². The number of nitrogens with one attached hydrogen (secondary N) is 1. The predicted molar refractivity (Wildman–Crippen MR) is 77.0 cm³/mol. The molecular formula is C12H15ClN4S. The lowest BCUT2D eigenvalue weighted by atomic mass is 10.1. The third-order valence-corrected chi connectivity index (χ3v) is 3.90. The van der Waals surface area contributed by atoms with Gasteiger partial charge in [-0.3, -0.25) is 0 Å². The van der Waals surface area contributed by atoms with Crippen molar-refractivity contribution in [2.75, 3.05) is 11.1 Å². The van der Waals surface area contributed by atoms with Gasteiger partial charge in [0.1, 0.15) is 12.0 Å². The number of thiophene rings is 1. The molecular weight excluding hydrogens is 268 g/mol. The Balaban J connectivity index is 2.21. The van der Waals surface area contributed by atoms with E-state index in [1.165, 1.54) is 11.2 Å². The lowest BCUT2D eigenvalue weighted by Crippen LogP contribution is -2.12. The number of halogens is 1. The monoisotopic (exact) mass is 282 g/mol. The quantitative estimate of drug-likeness (QED) is 0.820. The smallest absolute Gasteiger partial charge is 0.157 e. The van der Waals surface area contributed by atoms with E-state index in [2.05, 4.69) is 33.7 Å². The molecule has 0 fully saturated rings. The molecule has 96 valence electrons. The molecule has 2 aromatic heterocycles. The van der Waals surface area contributed by atoms with E-state index >= 15 is 0 Å². The Morgan fingerprint density at radius 3 is 3.00 bits per heavy atom. The highest BCUT2D eigenvalue weighted by Gasteiger charge is 2.14. The molecule has 0 bridgehead atoms. The minimum Gasteiger partial charge on any atom is -0.393 e. The Labute approximate surface area is 115 Å². The average molecular weight is 283 g/mol. The van der Waals surface area contributed by atoms with Crippen molar-refractivity contribution in [1.29, 1.82) is 0 Å². The van der Waals surface area contributed by atoms with Gasteiger partial charge in [0, 0.05) is 4.88 Å². The average Bonchev–Trinajstić information content (AvgIpc) is 2.88. The van der Waals surface area contributed by atoms with E-state index in [0.29, 0.717) is 11.5 Å². The fraction of sp³-hybridized carbons (Fsp3) is 0.333. The lowest BCUT2D eigenvalue weighted by molar-refractivity contribution is 0.684. The van der Waals surface area contributed by atoms with Crippen molar-refractivity contribution in [1.82, 2.24) is 9.97 Å². The molecule has 2 heterocycles. The number of nitrogens with zero attached hydrogens (tertiary/aromatic N) is 2. The summed E-state index contributed by atoms with van der Waals surface area (Å²) in [5.74, 6) is 0.599. The molecule has 0 spiro atoms. The van der Waals surface area contributed by atoms with E-state index in [1.807, 2.05) is 6.07 Å². The third kappa shape index (κ3) is 2.91. The van der Waals surface area contributed by atoms with Crippen LogP contribution in [0, 0.1) is 0 Å². The summed E-state index contributed by atoms with van der Waals surface area (Å²) in [6.07, 6.45) is 3.51. The molecule has 0 amide bonds. The molecule has 0 aliphatic carbocycles. The molecule has 0 aromatic carbocycles. The van der Waals surface area contributed by atoms with Crippen LogP contribution in [0.25, 0.3) is 0 Å². The Bertz CT molecular complexity index is 501. The molecule has 0 aliphatic rings. The van der Waals surface area contributed by atoms with Crippen molar-refractivity contribution in [3.63, 3.8) is 0 Å². The summed E-state index contributed by atoms with van der Waals surface area (Å²) in [5, 5.41) is 5.69. The van der Waals surface area contributed by atoms with Gasteiger partial charge < -0.3 is 11.1 Å². The maximum absolute atomic E-state index is 5.89. The van der Waals surface area contributed by atoms with Gasteiger partial charge in [-0.15, -0.1) is 11.3 Å². The van der Waals surface area contributed by atoms with Crippen LogP contribution in [0.1, 0.15) is 30.7 Å². The van der Waals surface area contributed by atoms with Crippen LogP contribution in [0.4, 0.5) is 11.5 Å². The highest BCUT2D eigenvalue weighted by Crippen LogP contribution is 2.30. The van der Waals surface area contributed by atoms with Crippen molar-refractivity contribution < 1.29 is 0 Å². The molecule has 1 atom stereocenters. The predicted octanol–water partition coefficient (Wildman–Crippen LogP) is 3.73. The number of aromatic nitrogens is 2. The van der Waals surface area contributed by atoms with Gasteiger partial charge in [-0.1, -0.05) is 31.0 Å². The summed E-state index contributed by atoms with van der Waals surface area (Å²) in [5.41, 5.74) is 6.26. The Morgan fingerprint density at radius 1 is 1.50 bits per heavy atom. The summed E-state index contributed by atoms with van der Waals surface area (Å²) >= 11 is 7.61. The van der Waals surface area contributed by atoms with Crippen molar-refractivity contribution in [2.24, 2.45) is 0 Å². The normalized spacial score (nSPS) is 12.3. The van der Waals surface area contributed by atoms with Gasteiger partial charge in [-0.05, 0) is 17.9 Å². The van der Waals surface area contributed by atoms with Crippen molar-refractivity contribution in [2.45, 2.75) is 25.8 Å². The number of nitrogens with two attached hydrogens (primary N) is 1. The van der Waals surface area contributed by atoms with Crippen LogP contribution in [-0.2, 0) is 0 Å². The van der Waals surface area contributed by atoms with Crippen LogP contribution < -0.4 is 11.1 Å². The van der Waals surface area contributed by atoms with Crippen LogP contribution in [0.15, 0.2) is 23.8 Å². The standard InChI is InChI=1S/C12H15ClN4S/c1-2-4-8(9-5-3-6-18-9)17-12-10(14)11(13)15-7-16-12/h3,5-8H,2,4,14H2,1H3,(H,15,16,17). The molecule has 0 saturated carbocycles. The van der Waals surface area contributed by atoms with E-state index in [9.17, 15) is 0 Å². The summed E-state index contributed by atoms with van der Waals surface area (Å²) in [6, 6.07) is 4.36. The van der Waals surface area contributed by atoms with Crippen LogP contribution in [-0.4, -0.2) is 9.97 Å². The Kier molecular flexibility index (Phi) is 4.38. The number of anilines is 2. The Morgan fingerprint density at radius 2 is 2.33 bits per heavy atom. The van der Waals surface area contributed by atoms with E-state index in [1.54, 1.807) is 11.3 Å². The first-order valence-electron chi connectivity index (χ1n) is 5.78. The molecule has 18 heavy (non-hydrogen) atoms. The molecule has 3 N–H and O–H groups in total. The fourth-order valence-electron chi connectivity index (χ4n) is 1.72. The van der Waals surface area contributed by atoms with Crippen LogP contribution >= 0.6 is 22.9 Å². The zero-order valence-corrected chi connectivity index (χ0v) is 11.6. The first-order chi connectivity index (χ1) is 8.72. The zero-order valence-electron chi connectivity index (χ0n) is 10.1. The highest BCUT2D eigenvalue weighted by molar-refractivity contribution is 7.10. The molecule has 2 aromatic rings. The van der Waals surface area contributed by atoms with Gasteiger partial charge in [-0.25, -0.2) is 9.97 Å². The van der Waals surface area contributed by atoms with E-state index in [0.717, 1.165) is 12.8 Å². The van der Waals surface area contributed by atoms with Crippen molar-refractivity contribution >= 4 is 34.4 Å². The summed E-state index contributed by atoms with van der Waals surface area (Å²) < 4.78 is 0. The third-order valence-electron chi connectivity index (χ3n) is 2.61. The first kappa shape index (κ1) is 13.1. The number of hydrogen-bond donors (Lipinski definition) is 2. The van der Waals surface area contributed by atoms with Gasteiger partial charge in [0.15, 0.2) is 11.0 Å². The molecule has 1 unspecified atom stereocenters. The maximum Gasteiger partial charge on any atom is 0.157 e. The van der Waals surface area contributed by atoms with E-state index in [-0.39, 0.29) is 11.2 Å². The van der Waals surface area contributed by atoms with Gasteiger partial charge in [-0.2, -0.15) is 0 Å². The van der Waals surface area contributed by atoms with Gasteiger partial charge in [0.25, 0.3) is 0 Å². The summed E-state index contributed by atoms with van der Waals surface area (Å²) in [6.45, 7) is 2.15. The second-order valence-corrected chi connectivity index (χ2v) is 5.27. The number of rotatable bonds is 5. The maximum atomic E-state index is 5.89. The largest absolute Gasteiger partial charge is 0.393 e. The highest BCUT2D eigenvalue weighted by atomic mass is 35.5. The molecule has 0 aliphatic heterocycles. The second-order valence-electron chi connectivity index (χ2n) is 3.93. The van der Waals surface area contributed by atoms with Crippen molar-refractivity contribution in [3.05, 3.63) is 33.9 Å². The number of hydrogen-bond acceptors (Lipinski definition) is 5. The van der Waals surface area contributed by atoms with Crippen LogP contribution in [0.5, 0.6) is 0 Å². The molecule has 0 radical (unpaired) electrons. The minimum atomic E-state index is 0.211. The SMILES string of the molecule is CCCC(Nc1ncnc(Cl)c1N)c1cccs1. The second kappa shape index (κ2) is 6.02. The molecule has 4 nitrogen and oxygen atoms in total.